The Morgan fingerprint density at radius 2 is 1.62 bits per heavy atom. The Kier molecular flexibility index (Phi) is 6.21. The smallest absolute Gasteiger partial charge is 0.326 e. The number of nitrogens with one attached hydrogen (secondary N) is 2. The van der Waals surface area contributed by atoms with Gasteiger partial charge in [0.2, 0.25) is 0 Å². The summed E-state index contributed by atoms with van der Waals surface area (Å²) in [5.74, 6) is -2.50. The van der Waals surface area contributed by atoms with Gasteiger partial charge in [-0.25, -0.2) is 13.6 Å². The van der Waals surface area contributed by atoms with Gasteiger partial charge >= 0.3 is 12.0 Å². The molecule has 0 radical (unpaired) electrons. The Hall–Kier alpha value is -3.29. The van der Waals surface area contributed by atoms with Crippen molar-refractivity contribution in [1.82, 2.24) is 5.32 Å². The van der Waals surface area contributed by atoms with Crippen molar-refractivity contribution in [2.45, 2.75) is 31.1 Å². The number of amides is 3. The lowest BCUT2D eigenvalue weighted by Crippen LogP contribution is -2.40. The van der Waals surface area contributed by atoms with E-state index in [0.717, 1.165) is 18.9 Å². The van der Waals surface area contributed by atoms with Gasteiger partial charge in [-0.2, -0.15) is 0 Å². The van der Waals surface area contributed by atoms with Crippen LogP contribution >= 0.6 is 0 Å². The van der Waals surface area contributed by atoms with E-state index >= 15 is 0 Å². The number of carbonyl (C=O) groups excluding carboxylic acids is 3. The summed E-state index contributed by atoms with van der Waals surface area (Å²) in [7, 11) is 0. The Morgan fingerprint density at radius 1 is 0.966 bits per heavy atom. The molecule has 0 saturated heterocycles. The van der Waals surface area contributed by atoms with Gasteiger partial charge in [0.25, 0.3) is 5.91 Å². The number of para-hydroxylation sites is 1. The predicted molar refractivity (Wildman–Crippen MR) is 101 cm³/mol. The van der Waals surface area contributed by atoms with Crippen molar-refractivity contribution in [3.8, 4) is 0 Å². The summed E-state index contributed by atoms with van der Waals surface area (Å²) in [4.78, 5) is 36.5. The van der Waals surface area contributed by atoms with Crippen molar-refractivity contribution in [3.63, 3.8) is 0 Å². The minimum Gasteiger partial charge on any atom is -0.455 e. The van der Waals surface area contributed by atoms with E-state index in [2.05, 4.69) is 5.32 Å². The highest BCUT2D eigenvalue weighted by molar-refractivity contribution is 6.02. The quantitative estimate of drug-likeness (QED) is 0.748. The van der Waals surface area contributed by atoms with Crippen LogP contribution in [0.15, 0.2) is 48.5 Å². The van der Waals surface area contributed by atoms with Crippen LogP contribution in [-0.4, -0.2) is 24.5 Å². The number of carbonyl (C=O) groups is 3. The van der Waals surface area contributed by atoms with Crippen LogP contribution in [0.1, 0.15) is 31.2 Å². The molecular weight excluding hydrogens is 382 g/mol. The summed E-state index contributed by atoms with van der Waals surface area (Å²) >= 11 is 0. The summed E-state index contributed by atoms with van der Waals surface area (Å²) in [6.07, 6.45) is 2.69. The van der Waals surface area contributed by atoms with Crippen molar-refractivity contribution >= 4 is 23.6 Å². The first kappa shape index (κ1) is 20.4. The number of benzene rings is 2. The molecule has 8 heteroatoms. The molecule has 2 aromatic rings. The fourth-order valence-corrected chi connectivity index (χ4v) is 3.51. The SMILES string of the molecule is O=C(COC(=O)C1(c2ccc(F)cc2)CCCC1)NC(=O)Nc1ccccc1F. The zero-order valence-corrected chi connectivity index (χ0v) is 15.5. The second-order valence-corrected chi connectivity index (χ2v) is 6.85. The van der Waals surface area contributed by atoms with Crippen LogP contribution in [0.5, 0.6) is 0 Å². The molecule has 2 N–H and O–H groups in total. The molecule has 2 aromatic carbocycles. The van der Waals surface area contributed by atoms with E-state index in [-0.39, 0.29) is 5.69 Å². The normalized spacial score (nSPS) is 14.8. The van der Waals surface area contributed by atoms with Crippen molar-refractivity contribution in [3.05, 3.63) is 65.7 Å². The molecule has 3 amide bonds. The highest BCUT2D eigenvalue weighted by Gasteiger charge is 2.44. The standard InChI is InChI=1S/C21H20F2N2O4/c22-15-9-7-14(8-10-15)21(11-3-4-12-21)19(27)29-13-18(26)25-20(28)24-17-6-2-1-5-16(17)23/h1-2,5-10H,3-4,11-13H2,(H2,24,25,26,28). The molecule has 0 atom stereocenters. The number of anilines is 1. The summed E-state index contributed by atoms with van der Waals surface area (Å²) < 4.78 is 31.9. The van der Waals surface area contributed by atoms with E-state index in [1.54, 1.807) is 12.1 Å². The second-order valence-electron chi connectivity index (χ2n) is 6.85. The monoisotopic (exact) mass is 402 g/mol. The molecule has 29 heavy (non-hydrogen) atoms. The predicted octanol–water partition coefficient (Wildman–Crippen LogP) is 3.67. The summed E-state index contributed by atoms with van der Waals surface area (Å²) in [5.41, 5.74) is -0.376. The number of ether oxygens (including phenoxy) is 1. The van der Waals surface area contributed by atoms with E-state index in [4.69, 9.17) is 4.74 Å². The van der Waals surface area contributed by atoms with Gasteiger partial charge in [0.1, 0.15) is 11.6 Å². The Morgan fingerprint density at radius 3 is 2.28 bits per heavy atom. The summed E-state index contributed by atoms with van der Waals surface area (Å²) in [6, 6.07) is 10.2. The fraction of sp³-hybridized carbons (Fsp3) is 0.286. The summed E-state index contributed by atoms with van der Waals surface area (Å²) in [5, 5.41) is 4.18. The lowest BCUT2D eigenvalue weighted by atomic mass is 9.79. The van der Waals surface area contributed by atoms with Crippen LogP contribution < -0.4 is 10.6 Å². The van der Waals surface area contributed by atoms with Gasteiger partial charge in [-0.1, -0.05) is 37.1 Å². The van der Waals surface area contributed by atoms with Crippen LogP contribution in [0, 0.1) is 11.6 Å². The third-order valence-electron chi connectivity index (χ3n) is 4.95. The van der Waals surface area contributed by atoms with Crippen molar-refractivity contribution in [1.29, 1.82) is 0 Å². The minimum absolute atomic E-state index is 0.0870. The van der Waals surface area contributed by atoms with Crippen molar-refractivity contribution in [2.75, 3.05) is 11.9 Å². The lowest BCUT2D eigenvalue weighted by molar-refractivity contribution is -0.154. The molecule has 0 bridgehead atoms. The van der Waals surface area contributed by atoms with Crippen molar-refractivity contribution in [2.24, 2.45) is 0 Å². The molecule has 1 aliphatic carbocycles. The topological polar surface area (TPSA) is 84.5 Å². The maximum Gasteiger partial charge on any atom is 0.326 e. The molecule has 0 aromatic heterocycles. The molecule has 1 fully saturated rings. The van der Waals surface area contributed by atoms with Gasteiger partial charge in [0.15, 0.2) is 6.61 Å². The Labute approximate surface area is 166 Å². The number of hydrogen-bond donors (Lipinski definition) is 2. The fourth-order valence-electron chi connectivity index (χ4n) is 3.51. The number of rotatable bonds is 5. The molecule has 3 rings (SSSR count). The third kappa shape index (κ3) is 4.77. The van der Waals surface area contributed by atoms with Crippen LogP contribution in [-0.2, 0) is 19.7 Å². The van der Waals surface area contributed by atoms with Gasteiger partial charge < -0.3 is 10.1 Å². The van der Waals surface area contributed by atoms with Crippen molar-refractivity contribution < 1.29 is 27.9 Å². The highest BCUT2D eigenvalue weighted by Crippen LogP contribution is 2.42. The molecule has 0 aliphatic heterocycles. The number of esters is 1. The molecule has 0 unspecified atom stereocenters. The molecule has 1 aliphatic rings. The first-order valence-electron chi connectivity index (χ1n) is 9.19. The second kappa shape index (κ2) is 8.81. The van der Waals surface area contributed by atoms with Crippen LogP contribution in [0.2, 0.25) is 0 Å². The maximum atomic E-state index is 13.5. The van der Waals surface area contributed by atoms with Gasteiger partial charge in [0.05, 0.1) is 11.1 Å². The average Bonchev–Trinajstić information content (AvgIpc) is 3.19. The van der Waals surface area contributed by atoms with Gasteiger partial charge in [0, 0.05) is 0 Å². The minimum atomic E-state index is -0.940. The Bertz CT molecular complexity index is 909. The molecule has 0 heterocycles. The van der Waals surface area contributed by atoms with Gasteiger partial charge in [-0.3, -0.25) is 14.9 Å². The van der Waals surface area contributed by atoms with Crippen LogP contribution in [0.25, 0.3) is 0 Å². The number of hydrogen-bond acceptors (Lipinski definition) is 4. The summed E-state index contributed by atoms with van der Waals surface area (Å²) in [6.45, 7) is -0.660. The zero-order chi connectivity index (χ0) is 20.9. The van der Waals surface area contributed by atoms with E-state index in [0.29, 0.717) is 18.4 Å². The molecule has 152 valence electrons. The van der Waals surface area contributed by atoms with Gasteiger partial charge in [-0.15, -0.1) is 0 Å². The highest BCUT2D eigenvalue weighted by atomic mass is 19.1. The molecule has 1 saturated carbocycles. The van der Waals surface area contributed by atoms with E-state index < -0.39 is 41.6 Å². The largest absolute Gasteiger partial charge is 0.455 e. The van der Waals surface area contributed by atoms with Crippen LogP contribution in [0.4, 0.5) is 19.3 Å². The van der Waals surface area contributed by atoms with E-state index in [9.17, 15) is 23.2 Å². The lowest BCUT2D eigenvalue weighted by Gasteiger charge is -2.27. The maximum absolute atomic E-state index is 13.5. The zero-order valence-electron chi connectivity index (χ0n) is 15.5. The first-order valence-corrected chi connectivity index (χ1v) is 9.19. The first-order chi connectivity index (χ1) is 13.9. The molecule has 6 nitrogen and oxygen atoms in total. The third-order valence-corrected chi connectivity index (χ3v) is 4.95. The van der Waals surface area contributed by atoms with Crippen LogP contribution in [0.3, 0.4) is 0 Å². The number of halogens is 2. The Balaban J connectivity index is 1.57. The average molecular weight is 402 g/mol. The number of urea groups is 1. The number of imide groups is 1. The molecule has 0 spiro atoms. The van der Waals surface area contributed by atoms with E-state index in [1.807, 2.05) is 5.32 Å². The van der Waals surface area contributed by atoms with Gasteiger partial charge in [-0.05, 0) is 42.7 Å². The molecular formula is C21H20F2N2O4. The van der Waals surface area contributed by atoms with E-state index in [1.165, 1.54) is 30.3 Å².